The Kier molecular flexibility index (Phi) is 2.73. The molecule has 1 aromatic heterocycles. The molecule has 68 valence electrons. The van der Waals surface area contributed by atoms with Crippen LogP contribution >= 0.6 is 11.6 Å². The predicted octanol–water partition coefficient (Wildman–Crippen LogP) is 2.06. The fourth-order valence-electron chi connectivity index (χ4n) is 0.962. The quantitative estimate of drug-likeness (QED) is 0.664. The molecule has 0 N–H and O–H groups in total. The molecule has 0 saturated carbocycles. The van der Waals surface area contributed by atoms with Crippen LogP contribution in [0, 0.1) is 12.8 Å². The fraction of sp³-hybridized carbons (Fsp3) is 0.750. The highest BCUT2D eigenvalue weighted by molar-refractivity contribution is 6.20. The van der Waals surface area contributed by atoms with Crippen molar-refractivity contribution in [3.8, 4) is 0 Å². The molecule has 1 heterocycles. The zero-order valence-corrected chi connectivity index (χ0v) is 8.63. The van der Waals surface area contributed by atoms with Gasteiger partial charge >= 0.3 is 0 Å². The van der Waals surface area contributed by atoms with E-state index in [0.717, 1.165) is 11.6 Å². The summed E-state index contributed by atoms with van der Waals surface area (Å²) in [4.78, 5) is 0. The van der Waals surface area contributed by atoms with Gasteiger partial charge in [0.2, 0.25) is 0 Å². The zero-order valence-electron chi connectivity index (χ0n) is 7.87. The second-order valence-corrected chi connectivity index (χ2v) is 3.78. The van der Waals surface area contributed by atoms with Crippen molar-refractivity contribution >= 4 is 11.6 Å². The maximum absolute atomic E-state index is 6.14. The van der Waals surface area contributed by atoms with E-state index in [1.165, 1.54) is 0 Å². The van der Waals surface area contributed by atoms with Gasteiger partial charge in [-0.1, -0.05) is 13.8 Å². The standard InChI is InChI=1S/C8H14ClN3/c1-5(2)7(9)8-11-10-6(3)12(8)4/h5,7H,1-4H3. The third-order valence-corrected chi connectivity index (χ3v) is 2.66. The van der Waals surface area contributed by atoms with Crippen molar-refractivity contribution in [1.82, 2.24) is 14.8 Å². The van der Waals surface area contributed by atoms with Gasteiger partial charge in [-0.3, -0.25) is 0 Å². The first-order valence-corrected chi connectivity index (χ1v) is 4.47. The molecule has 1 atom stereocenters. The number of halogens is 1. The smallest absolute Gasteiger partial charge is 0.151 e. The number of alkyl halides is 1. The summed E-state index contributed by atoms with van der Waals surface area (Å²) in [7, 11) is 1.93. The van der Waals surface area contributed by atoms with E-state index in [0.29, 0.717) is 5.92 Å². The Morgan fingerprint density at radius 3 is 2.25 bits per heavy atom. The van der Waals surface area contributed by atoms with Gasteiger partial charge in [0.15, 0.2) is 5.82 Å². The molecule has 0 aliphatic carbocycles. The molecule has 1 aromatic rings. The lowest BCUT2D eigenvalue weighted by Gasteiger charge is -2.11. The van der Waals surface area contributed by atoms with E-state index in [4.69, 9.17) is 11.6 Å². The van der Waals surface area contributed by atoms with E-state index < -0.39 is 0 Å². The monoisotopic (exact) mass is 187 g/mol. The van der Waals surface area contributed by atoms with Crippen LogP contribution in [0.1, 0.15) is 30.9 Å². The average molecular weight is 188 g/mol. The molecule has 4 heteroatoms. The highest BCUT2D eigenvalue weighted by atomic mass is 35.5. The summed E-state index contributed by atoms with van der Waals surface area (Å²) in [5.41, 5.74) is 0. The molecule has 0 fully saturated rings. The number of hydrogen-bond donors (Lipinski definition) is 0. The van der Waals surface area contributed by atoms with Crippen molar-refractivity contribution in [3.63, 3.8) is 0 Å². The van der Waals surface area contributed by atoms with Crippen LogP contribution in [-0.4, -0.2) is 14.8 Å². The largest absolute Gasteiger partial charge is 0.317 e. The van der Waals surface area contributed by atoms with Gasteiger partial charge in [0, 0.05) is 7.05 Å². The van der Waals surface area contributed by atoms with Crippen LogP contribution in [0.25, 0.3) is 0 Å². The van der Waals surface area contributed by atoms with Gasteiger partial charge in [-0.25, -0.2) is 0 Å². The van der Waals surface area contributed by atoms with Crippen LogP contribution < -0.4 is 0 Å². The molecule has 0 aliphatic rings. The third kappa shape index (κ3) is 1.61. The molecule has 0 aromatic carbocycles. The lowest BCUT2D eigenvalue weighted by molar-refractivity contribution is 0.577. The lowest BCUT2D eigenvalue weighted by Crippen LogP contribution is -2.07. The summed E-state index contributed by atoms with van der Waals surface area (Å²) in [5.74, 6) is 2.13. The fourth-order valence-corrected chi connectivity index (χ4v) is 1.15. The van der Waals surface area contributed by atoms with Crippen LogP contribution in [0.5, 0.6) is 0 Å². The maximum atomic E-state index is 6.14. The maximum Gasteiger partial charge on any atom is 0.151 e. The molecule has 3 nitrogen and oxygen atoms in total. The molecule has 0 amide bonds. The minimum atomic E-state index is -0.0452. The van der Waals surface area contributed by atoms with Crippen LogP contribution in [0.15, 0.2) is 0 Å². The molecule has 0 saturated heterocycles. The minimum absolute atomic E-state index is 0.0452. The number of aromatic nitrogens is 3. The molecule has 1 unspecified atom stereocenters. The van der Waals surface area contributed by atoms with Crippen LogP contribution in [0.3, 0.4) is 0 Å². The van der Waals surface area contributed by atoms with Crippen molar-refractivity contribution in [3.05, 3.63) is 11.6 Å². The zero-order chi connectivity index (χ0) is 9.30. The number of aryl methyl sites for hydroxylation is 1. The topological polar surface area (TPSA) is 30.7 Å². The van der Waals surface area contributed by atoms with E-state index in [-0.39, 0.29) is 5.38 Å². The van der Waals surface area contributed by atoms with Crippen molar-refractivity contribution in [2.75, 3.05) is 0 Å². The summed E-state index contributed by atoms with van der Waals surface area (Å²) in [6, 6.07) is 0. The summed E-state index contributed by atoms with van der Waals surface area (Å²) in [5, 5.41) is 7.92. The first-order chi connectivity index (χ1) is 5.54. The van der Waals surface area contributed by atoms with Crippen molar-refractivity contribution in [2.24, 2.45) is 13.0 Å². The first kappa shape index (κ1) is 9.52. The van der Waals surface area contributed by atoms with Crippen molar-refractivity contribution in [2.45, 2.75) is 26.1 Å². The molecule has 1 rings (SSSR count). The van der Waals surface area contributed by atoms with Crippen LogP contribution in [0.4, 0.5) is 0 Å². The van der Waals surface area contributed by atoms with Gasteiger partial charge in [-0.05, 0) is 12.8 Å². The SMILES string of the molecule is Cc1nnc(C(Cl)C(C)C)n1C. The van der Waals surface area contributed by atoms with E-state index in [2.05, 4.69) is 24.0 Å². The van der Waals surface area contributed by atoms with Crippen LogP contribution in [0.2, 0.25) is 0 Å². The van der Waals surface area contributed by atoms with E-state index >= 15 is 0 Å². The third-order valence-electron chi connectivity index (χ3n) is 1.96. The summed E-state index contributed by atoms with van der Waals surface area (Å²) < 4.78 is 1.93. The normalized spacial score (nSPS) is 13.8. The highest BCUT2D eigenvalue weighted by Crippen LogP contribution is 2.26. The lowest BCUT2D eigenvalue weighted by atomic mass is 10.1. The van der Waals surface area contributed by atoms with Crippen LogP contribution in [-0.2, 0) is 7.05 Å². The van der Waals surface area contributed by atoms with E-state index in [1.54, 1.807) is 0 Å². The Hall–Kier alpha value is -0.570. The van der Waals surface area contributed by atoms with Crippen molar-refractivity contribution < 1.29 is 0 Å². The highest BCUT2D eigenvalue weighted by Gasteiger charge is 2.18. The van der Waals surface area contributed by atoms with Gasteiger partial charge in [0.25, 0.3) is 0 Å². The first-order valence-electron chi connectivity index (χ1n) is 4.04. The van der Waals surface area contributed by atoms with Crippen molar-refractivity contribution in [1.29, 1.82) is 0 Å². The van der Waals surface area contributed by atoms with Gasteiger partial charge in [-0.15, -0.1) is 21.8 Å². The molecule has 0 radical (unpaired) electrons. The molecule has 0 spiro atoms. The minimum Gasteiger partial charge on any atom is -0.317 e. The molecular formula is C8H14ClN3. The number of rotatable bonds is 2. The molecule has 12 heavy (non-hydrogen) atoms. The summed E-state index contributed by atoms with van der Waals surface area (Å²) >= 11 is 6.14. The van der Waals surface area contributed by atoms with E-state index in [1.807, 2.05) is 18.5 Å². The Bertz CT molecular complexity index is 267. The van der Waals surface area contributed by atoms with E-state index in [9.17, 15) is 0 Å². The van der Waals surface area contributed by atoms with Gasteiger partial charge in [0.05, 0.1) is 5.38 Å². The summed E-state index contributed by atoms with van der Waals surface area (Å²) in [6.45, 7) is 6.06. The Morgan fingerprint density at radius 1 is 1.33 bits per heavy atom. The van der Waals surface area contributed by atoms with Gasteiger partial charge < -0.3 is 4.57 Å². The Labute approximate surface area is 77.8 Å². The predicted molar refractivity (Wildman–Crippen MR) is 49.2 cm³/mol. The molecular weight excluding hydrogens is 174 g/mol. The van der Waals surface area contributed by atoms with Gasteiger partial charge in [0.1, 0.15) is 5.82 Å². The summed E-state index contributed by atoms with van der Waals surface area (Å²) in [6.07, 6.45) is 0. The number of hydrogen-bond acceptors (Lipinski definition) is 2. The Morgan fingerprint density at radius 2 is 1.92 bits per heavy atom. The molecule has 0 bridgehead atoms. The second kappa shape index (κ2) is 3.44. The van der Waals surface area contributed by atoms with Gasteiger partial charge in [-0.2, -0.15) is 0 Å². The average Bonchev–Trinajstić information content (AvgIpc) is 2.32. The molecule has 0 aliphatic heterocycles. The number of nitrogens with zero attached hydrogens (tertiary/aromatic N) is 3. The Balaban J connectivity index is 2.95. The second-order valence-electron chi connectivity index (χ2n) is 3.31.